The van der Waals surface area contributed by atoms with E-state index in [4.69, 9.17) is 4.74 Å². The molecule has 0 saturated heterocycles. The number of hydrogen-bond acceptors (Lipinski definition) is 5. The van der Waals surface area contributed by atoms with Crippen LogP contribution in [-0.2, 0) is 10.5 Å². The minimum atomic E-state index is -0.268. The Labute approximate surface area is 122 Å². The number of hydrogen-bond donors (Lipinski definition) is 1. The van der Waals surface area contributed by atoms with E-state index in [2.05, 4.69) is 15.2 Å². The van der Waals surface area contributed by atoms with Crippen LogP contribution >= 0.6 is 11.8 Å². The SMILES string of the molecule is CCCOC(=O)c1ccc(CSc2n[nH]c(C)n2)cc1. The van der Waals surface area contributed by atoms with Gasteiger partial charge in [0.15, 0.2) is 0 Å². The maximum atomic E-state index is 11.6. The third-order valence-corrected chi connectivity index (χ3v) is 3.49. The fourth-order valence-corrected chi connectivity index (χ4v) is 2.35. The first-order valence-electron chi connectivity index (χ1n) is 6.47. The first-order valence-corrected chi connectivity index (χ1v) is 7.45. The molecule has 6 heteroatoms. The summed E-state index contributed by atoms with van der Waals surface area (Å²) in [7, 11) is 0. The highest BCUT2D eigenvalue weighted by atomic mass is 32.2. The average Bonchev–Trinajstić information content (AvgIpc) is 2.89. The van der Waals surface area contributed by atoms with Crippen molar-refractivity contribution < 1.29 is 9.53 Å². The Morgan fingerprint density at radius 3 is 2.70 bits per heavy atom. The van der Waals surface area contributed by atoms with Crippen molar-refractivity contribution >= 4 is 17.7 Å². The van der Waals surface area contributed by atoms with E-state index >= 15 is 0 Å². The molecule has 0 bridgehead atoms. The summed E-state index contributed by atoms with van der Waals surface area (Å²) in [6.45, 7) is 4.30. The lowest BCUT2D eigenvalue weighted by molar-refractivity contribution is 0.0505. The number of carbonyl (C=O) groups excluding carboxylic acids is 1. The number of rotatable bonds is 6. The van der Waals surface area contributed by atoms with Gasteiger partial charge in [-0.1, -0.05) is 30.8 Å². The molecule has 0 fully saturated rings. The molecule has 0 saturated carbocycles. The highest BCUT2D eigenvalue weighted by Gasteiger charge is 2.07. The Morgan fingerprint density at radius 2 is 2.10 bits per heavy atom. The van der Waals surface area contributed by atoms with Gasteiger partial charge in [-0.25, -0.2) is 9.78 Å². The number of aromatic nitrogens is 3. The number of H-pyrrole nitrogens is 1. The maximum absolute atomic E-state index is 11.6. The summed E-state index contributed by atoms with van der Waals surface area (Å²) in [5.41, 5.74) is 1.70. The Hall–Kier alpha value is -1.82. The van der Waals surface area contributed by atoms with Crippen LogP contribution in [0.3, 0.4) is 0 Å². The van der Waals surface area contributed by atoms with Gasteiger partial charge in [0, 0.05) is 5.75 Å². The van der Waals surface area contributed by atoms with Gasteiger partial charge in [-0.2, -0.15) is 0 Å². The zero-order chi connectivity index (χ0) is 14.4. The molecule has 5 nitrogen and oxygen atoms in total. The standard InChI is InChI=1S/C14H17N3O2S/c1-3-8-19-13(18)12-6-4-11(5-7-12)9-20-14-15-10(2)16-17-14/h4-7H,3,8-9H2,1-2H3,(H,15,16,17). The summed E-state index contributed by atoms with van der Waals surface area (Å²) in [6, 6.07) is 7.43. The molecule has 0 radical (unpaired) electrons. The minimum Gasteiger partial charge on any atom is -0.462 e. The summed E-state index contributed by atoms with van der Waals surface area (Å²) in [4.78, 5) is 15.9. The van der Waals surface area contributed by atoms with Gasteiger partial charge in [-0.3, -0.25) is 5.10 Å². The number of benzene rings is 1. The van der Waals surface area contributed by atoms with Crippen LogP contribution in [0, 0.1) is 6.92 Å². The highest BCUT2D eigenvalue weighted by molar-refractivity contribution is 7.98. The molecule has 0 unspecified atom stereocenters. The molecule has 2 aromatic rings. The van der Waals surface area contributed by atoms with E-state index in [0.29, 0.717) is 12.2 Å². The largest absolute Gasteiger partial charge is 0.462 e. The van der Waals surface area contributed by atoms with Crippen molar-refractivity contribution in [3.63, 3.8) is 0 Å². The van der Waals surface area contributed by atoms with E-state index < -0.39 is 0 Å². The third-order valence-electron chi connectivity index (χ3n) is 2.57. The molecule has 1 N–H and O–H groups in total. The van der Waals surface area contributed by atoms with Crippen molar-refractivity contribution in [1.29, 1.82) is 0 Å². The molecule has 20 heavy (non-hydrogen) atoms. The number of nitrogens with one attached hydrogen (secondary N) is 1. The number of esters is 1. The predicted octanol–water partition coefficient (Wildman–Crippen LogP) is 2.97. The van der Waals surface area contributed by atoms with E-state index in [1.54, 1.807) is 23.9 Å². The highest BCUT2D eigenvalue weighted by Crippen LogP contribution is 2.19. The van der Waals surface area contributed by atoms with E-state index in [0.717, 1.165) is 28.7 Å². The first kappa shape index (κ1) is 14.6. The van der Waals surface area contributed by atoms with Gasteiger partial charge < -0.3 is 4.74 Å². The van der Waals surface area contributed by atoms with Gasteiger partial charge >= 0.3 is 5.97 Å². The zero-order valence-electron chi connectivity index (χ0n) is 11.5. The summed E-state index contributed by atoms with van der Waals surface area (Å²) >= 11 is 1.55. The van der Waals surface area contributed by atoms with Crippen molar-refractivity contribution in [3.05, 3.63) is 41.2 Å². The quantitative estimate of drug-likeness (QED) is 0.654. The number of aromatic amines is 1. The van der Waals surface area contributed by atoms with Crippen molar-refractivity contribution in [2.24, 2.45) is 0 Å². The van der Waals surface area contributed by atoms with Crippen LogP contribution in [0.15, 0.2) is 29.4 Å². The number of thioether (sulfide) groups is 1. The van der Waals surface area contributed by atoms with Gasteiger partial charge in [0.2, 0.25) is 5.16 Å². The Morgan fingerprint density at radius 1 is 1.35 bits per heavy atom. The van der Waals surface area contributed by atoms with Gasteiger partial charge in [0.05, 0.1) is 12.2 Å². The van der Waals surface area contributed by atoms with Gasteiger partial charge in [-0.15, -0.1) is 5.10 Å². The maximum Gasteiger partial charge on any atom is 0.338 e. The average molecular weight is 291 g/mol. The van der Waals surface area contributed by atoms with Gasteiger partial charge in [0.25, 0.3) is 0 Å². The van der Waals surface area contributed by atoms with Crippen molar-refractivity contribution in [2.45, 2.75) is 31.2 Å². The summed E-state index contributed by atoms with van der Waals surface area (Å²) in [6.07, 6.45) is 0.830. The molecular formula is C14H17N3O2S. The Kier molecular flexibility index (Phi) is 5.17. The molecule has 0 spiro atoms. The van der Waals surface area contributed by atoms with Crippen LogP contribution in [0.25, 0.3) is 0 Å². The molecule has 0 amide bonds. The molecule has 106 valence electrons. The molecule has 2 rings (SSSR count). The molecule has 1 aromatic carbocycles. The first-order chi connectivity index (χ1) is 9.69. The smallest absolute Gasteiger partial charge is 0.338 e. The second-order valence-electron chi connectivity index (χ2n) is 4.32. The molecule has 0 aliphatic rings. The zero-order valence-corrected chi connectivity index (χ0v) is 12.4. The van der Waals surface area contributed by atoms with Gasteiger partial charge in [0.1, 0.15) is 5.82 Å². The van der Waals surface area contributed by atoms with Gasteiger partial charge in [-0.05, 0) is 31.0 Å². The third kappa shape index (κ3) is 4.09. The monoisotopic (exact) mass is 291 g/mol. The Bertz CT molecular complexity index is 566. The number of ether oxygens (including phenoxy) is 1. The van der Waals surface area contributed by atoms with E-state index in [1.165, 1.54) is 0 Å². The van der Waals surface area contributed by atoms with Crippen LogP contribution in [-0.4, -0.2) is 27.8 Å². The van der Waals surface area contributed by atoms with Crippen LogP contribution in [0.5, 0.6) is 0 Å². The molecular weight excluding hydrogens is 274 g/mol. The fraction of sp³-hybridized carbons (Fsp3) is 0.357. The minimum absolute atomic E-state index is 0.268. The Balaban J connectivity index is 1.89. The summed E-state index contributed by atoms with van der Waals surface area (Å²) < 4.78 is 5.08. The molecule has 1 aromatic heterocycles. The van der Waals surface area contributed by atoms with Crippen LogP contribution in [0.4, 0.5) is 0 Å². The number of nitrogens with zero attached hydrogens (tertiary/aromatic N) is 2. The number of aryl methyl sites for hydroxylation is 1. The predicted molar refractivity (Wildman–Crippen MR) is 77.7 cm³/mol. The molecule has 0 aliphatic heterocycles. The van der Waals surface area contributed by atoms with Crippen LogP contribution < -0.4 is 0 Å². The fourth-order valence-electron chi connectivity index (χ4n) is 1.55. The number of carbonyl (C=O) groups is 1. The second-order valence-corrected chi connectivity index (χ2v) is 5.27. The van der Waals surface area contributed by atoms with E-state index in [9.17, 15) is 4.79 Å². The lowest BCUT2D eigenvalue weighted by Gasteiger charge is -2.04. The molecule has 0 aliphatic carbocycles. The van der Waals surface area contributed by atoms with Crippen LogP contribution in [0.2, 0.25) is 0 Å². The molecule has 0 atom stereocenters. The normalized spacial score (nSPS) is 10.5. The second kappa shape index (κ2) is 7.09. The van der Waals surface area contributed by atoms with E-state index in [1.807, 2.05) is 26.0 Å². The van der Waals surface area contributed by atoms with Crippen LogP contribution in [0.1, 0.15) is 35.1 Å². The summed E-state index contributed by atoms with van der Waals surface area (Å²) in [5.74, 6) is 1.30. The van der Waals surface area contributed by atoms with Crippen molar-refractivity contribution in [2.75, 3.05) is 6.61 Å². The van der Waals surface area contributed by atoms with Crippen molar-refractivity contribution in [3.8, 4) is 0 Å². The van der Waals surface area contributed by atoms with E-state index in [-0.39, 0.29) is 5.97 Å². The summed E-state index contributed by atoms with van der Waals surface area (Å²) in [5, 5.41) is 7.60. The molecule has 1 heterocycles. The lowest BCUT2D eigenvalue weighted by atomic mass is 10.1. The topological polar surface area (TPSA) is 67.9 Å². The van der Waals surface area contributed by atoms with Crippen molar-refractivity contribution in [1.82, 2.24) is 15.2 Å². The lowest BCUT2D eigenvalue weighted by Crippen LogP contribution is -2.05.